The van der Waals surface area contributed by atoms with Crippen molar-refractivity contribution in [3.63, 3.8) is 0 Å². The molecule has 0 saturated heterocycles. The highest BCUT2D eigenvalue weighted by atomic mass is 19.3. The first kappa shape index (κ1) is 16.7. The lowest BCUT2D eigenvalue weighted by Crippen LogP contribution is -2.28. The molecule has 1 fully saturated rings. The number of amides is 1. The zero-order valence-electron chi connectivity index (χ0n) is 12.6. The van der Waals surface area contributed by atoms with E-state index in [9.17, 15) is 13.6 Å². The molecule has 1 saturated carbocycles. The maximum Gasteiger partial charge on any atom is 0.272 e. The lowest BCUT2D eigenvalue weighted by atomic mass is 10.00. The van der Waals surface area contributed by atoms with Gasteiger partial charge in [-0.2, -0.15) is 0 Å². The first-order chi connectivity index (χ1) is 10.5. The van der Waals surface area contributed by atoms with Crippen LogP contribution in [0.15, 0.2) is 18.2 Å². The summed E-state index contributed by atoms with van der Waals surface area (Å²) in [6.45, 7) is 1.11. The summed E-state index contributed by atoms with van der Waals surface area (Å²) in [5.74, 6) is 0.474. The molecule has 0 unspecified atom stereocenters. The third-order valence-electron chi connectivity index (χ3n) is 4.00. The van der Waals surface area contributed by atoms with E-state index in [0.29, 0.717) is 17.9 Å². The lowest BCUT2D eigenvalue weighted by Gasteiger charge is -2.15. The summed E-state index contributed by atoms with van der Waals surface area (Å²) >= 11 is 0. The van der Waals surface area contributed by atoms with Crippen molar-refractivity contribution in [3.8, 4) is 5.75 Å². The number of ether oxygens (including phenoxy) is 1. The van der Waals surface area contributed by atoms with Gasteiger partial charge < -0.3 is 15.8 Å². The molecule has 1 aliphatic carbocycles. The molecule has 0 aromatic heterocycles. The molecular formula is C16H22F2N2O2. The largest absolute Gasteiger partial charge is 0.487 e. The summed E-state index contributed by atoms with van der Waals surface area (Å²) < 4.78 is 29.5. The topological polar surface area (TPSA) is 64.4 Å². The van der Waals surface area contributed by atoms with Crippen molar-refractivity contribution in [1.29, 1.82) is 0 Å². The molecule has 1 aromatic rings. The zero-order chi connectivity index (χ0) is 16.1. The molecule has 1 aliphatic rings. The number of nitrogens with one attached hydrogen (secondary N) is 1. The van der Waals surface area contributed by atoms with E-state index in [-0.39, 0.29) is 17.9 Å². The van der Waals surface area contributed by atoms with Crippen LogP contribution in [0.25, 0.3) is 0 Å². The fourth-order valence-electron chi connectivity index (χ4n) is 2.76. The molecule has 0 bridgehead atoms. The van der Waals surface area contributed by atoms with Gasteiger partial charge in [0.05, 0.1) is 0 Å². The monoisotopic (exact) mass is 312 g/mol. The summed E-state index contributed by atoms with van der Waals surface area (Å²) in [6, 6.07) is 5.13. The van der Waals surface area contributed by atoms with Gasteiger partial charge >= 0.3 is 0 Å². The Morgan fingerprint density at radius 2 is 2.23 bits per heavy atom. The van der Waals surface area contributed by atoms with Crippen LogP contribution in [-0.4, -0.2) is 25.0 Å². The van der Waals surface area contributed by atoms with E-state index in [2.05, 4.69) is 5.32 Å². The van der Waals surface area contributed by atoms with Crippen molar-refractivity contribution in [2.45, 2.75) is 45.1 Å². The van der Waals surface area contributed by atoms with Gasteiger partial charge in [0.15, 0.2) is 0 Å². The van der Waals surface area contributed by atoms with Crippen molar-refractivity contribution in [2.24, 2.45) is 11.7 Å². The van der Waals surface area contributed by atoms with Gasteiger partial charge in [0.1, 0.15) is 12.4 Å². The molecule has 2 atom stereocenters. The van der Waals surface area contributed by atoms with E-state index in [4.69, 9.17) is 10.5 Å². The summed E-state index contributed by atoms with van der Waals surface area (Å²) in [7, 11) is 0. The second kappa shape index (κ2) is 7.54. The van der Waals surface area contributed by atoms with E-state index in [1.54, 1.807) is 25.1 Å². The first-order valence-corrected chi connectivity index (χ1v) is 7.52. The minimum absolute atomic E-state index is 0.0914. The number of anilines is 1. The highest BCUT2D eigenvalue weighted by Crippen LogP contribution is 2.28. The van der Waals surface area contributed by atoms with Crippen LogP contribution < -0.4 is 15.8 Å². The van der Waals surface area contributed by atoms with Crippen LogP contribution in [0.1, 0.15) is 31.2 Å². The number of hydrogen-bond donors (Lipinski definition) is 2. The van der Waals surface area contributed by atoms with Crippen LogP contribution in [0.4, 0.5) is 14.5 Å². The Morgan fingerprint density at radius 1 is 1.45 bits per heavy atom. The molecule has 2 rings (SSSR count). The van der Waals surface area contributed by atoms with Crippen LogP contribution in [0, 0.1) is 12.8 Å². The summed E-state index contributed by atoms with van der Waals surface area (Å²) in [6.07, 6.45) is 0.873. The fraction of sp³-hybridized carbons (Fsp3) is 0.562. The van der Waals surface area contributed by atoms with Crippen molar-refractivity contribution >= 4 is 11.6 Å². The molecule has 22 heavy (non-hydrogen) atoms. The number of carbonyl (C=O) groups excluding carboxylic acids is 1. The minimum atomic E-state index is -2.53. The number of carbonyl (C=O) groups is 1. The first-order valence-electron chi connectivity index (χ1n) is 7.52. The number of aryl methyl sites for hydroxylation is 1. The minimum Gasteiger partial charge on any atom is -0.487 e. The summed E-state index contributed by atoms with van der Waals surface area (Å²) in [5.41, 5.74) is 7.26. The summed E-state index contributed by atoms with van der Waals surface area (Å²) in [5, 5.41) is 2.78. The van der Waals surface area contributed by atoms with E-state index in [0.717, 1.165) is 24.8 Å². The van der Waals surface area contributed by atoms with E-state index in [1.165, 1.54) is 0 Å². The Labute approximate surface area is 129 Å². The Morgan fingerprint density at radius 3 is 2.86 bits per heavy atom. The predicted molar refractivity (Wildman–Crippen MR) is 81.2 cm³/mol. The molecule has 0 radical (unpaired) electrons. The standard InChI is InChI=1S/C16H22F2N2O2/c1-10-5-6-12(8-14(10)22-9-15(17)18)20-16(21)7-11-3-2-4-13(11)19/h5-6,8,11,13,15H,2-4,7,9,19H2,1H3,(H,20,21)/t11-,13+/m0/s1. The molecule has 0 spiro atoms. The maximum atomic E-state index is 12.2. The number of alkyl halides is 2. The third kappa shape index (κ3) is 4.66. The average Bonchev–Trinajstić information content (AvgIpc) is 2.84. The van der Waals surface area contributed by atoms with Crippen LogP contribution in [0.2, 0.25) is 0 Å². The molecule has 122 valence electrons. The number of halogens is 2. The number of hydrogen-bond acceptors (Lipinski definition) is 3. The molecule has 0 aliphatic heterocycles. The van der Waals surface area contributed by atoms with Crippen LogP contribution >= 0.6 is 0 Å². The molecule has 0 heterocycles. The highest BCUT2D eigenvalue weighted by molar-refractivity contribution is 5.91. The van der Waals surface area contributed by atoms with Crippen LogP contribution in [-0.2, 0) is 4.79 Å². The Bertz CT molecular complexity index is 523. The molecule has 1 aromatic carbocycles. The smallest absolute Gasteiger partial charge is 0.272 e. The molecule has 1 amide bonds. The van der Waals surface area contributed by atoms with E-state index >= 15 is 0 Å². The highest BCUT2D eigenvalue weighted by Gasteiger charge is 2.26. The average molecular weight is 312 g/mol. The van der Waals surface area contributed by atoms with Crippen molar-refractivity contribution in [2.75, 3.05) is 11.9 Å². The predicted octanol–water partition coefficient (Wildman–Crippen LogP) is 3.09. The molecule has 6 heteroatoms. The molecule has 3 N–H and O–H groups in total. The normalized spacial score (nSPS) is 21.1. The van der Waals surface area contributed by atoms with Gasteiger partial charge in [-0.05, 0) is 37.3 Å². The quantitative estimate of drug-likeness (QED) is 0.848. The SMILES string of the molecule is Cc1ccc(NC(=O)C[C@@H]2CCC[C@H]2N)cc1OCC(F)F. The van der Waals surface area contributed by atoms with Crippen molar-refractivity contribution < 1.29 is 18.3 Å². The third-order valence-corrected chi connectivity index (χ3v) is 4.00. The van der Waals surface area contributed by atoms with Crippen molar-refractivity contribution in [3.05, 3.63) is 23.8 Å². The maximum absolute atomic E-state index is 12.2. The van der Waals surface area contributed by atoms with Gasteiger partial charge in [0.25, 0.3) is 6.43 Å². The molecule has 4 nitrogen and oxygen atoms in total. The van der Waals surface area contributed by atoms with Crippen molar-refractivity contribution in [1.82, 2.24) is 0 Å². The van der Waals surface area contributed by atoms with Gasteiger partial charge in [-0.25, -0.2) is 8.78 Å². The fourth-order valence-corrected chi connectivity index (χ4v) is 2.76. The number of nitrogens with two attached hydrogens (primary N) is 1. The van der Waals surface area contributed by atoms with E-state index in [1.807, 2.05) is 0 Å². The lowest BCUT2D eigenvalue weighted by molar-refractivity contribution is -0.117. The van der Waals surface area contributed by atoms with Crippen LogP contribution in [0.3, 0.4) is 0 Å². The Balaban J connectivity index is 1.94. The number of rotatable bonds is 6. The zero-order valence-corrected chi connectivity index (χ0v) is 12.6. The van der Waals surface area contributed by atoms with Gasteiger partial charge in [0.2, 0.25) is 5.91 Å². The van der Waals surface area contributed by atoms with Gasteiger partial charge in [-0.1, -0.05) is 12.5 Å². The summed E-state index contributed by atoms with van der Waals surface area (Å²) in [4.78, 5) is 12.0. The van der Waals surface area contributed by atoms with Gasteiger partial charge in [-0.15, -0.1) is 0 Å². The number of benzene rings is 1. The van der Waals surface area contributed by atoms with Crippen LogP contribution in [0.5, 0.6) is 5.75 Å². The second-order valence-electron chi connectivity index (χ2n) is 5.79. The second-order valence-corrected chi connectivity index (χ2v) is 5.79. The van der Waals surface area contributed by atoms with Gasteiger partial charge in [-0.3, -0.25) is 4.79 Å². The van der Waals surface area contributed by atoms with Gasteiger partial charge in [0, 0.05) is 24.2 Å². The molecular weight excluding hydrogens is 290 g/mol. The Hall–Kier alpha value is -1.69. The van der Waals surface area contributed by atoms with E-state index < -0.39 is 13.0 Å². The Kier molecular flexibility index (Phi) is 5.71.